The van der Waals surface area contributed by atoms with Crippen LogP contribution in [0, 0.1) is 5.92 Å². The van der Waals surface area contributed by atoms with E-state index in [1.165, 1.54) is 0 Å². The molecule has 32 heavy (non-hydrogen) atoms. The van der Waals surface area contributed by atoms with E-state index in [9.17, 15) is 18.0 Å². The molecule has 10 heteroatoms. The topological polar surface area (TPSA) is 121 Å². The Labute approximate surface area is 190 Å². The van der Waals surface area contributed by atoms with Gasteiger partial charge in [0.15, 0.2) is 0 Å². The first kappa shape index (κ1) is 24.6. The number of nitrogens with zero attached hydrogens (tertiary/aromatic N) is 2. The molecule has 2 aliphatic rings. The summed E-state index contributed by atoms with van der Waals surface area (Å²) < 4.78 is 27.3. The number of piperidine rings is 1. The summed E-state index contributed by atoms with van der Waals surface area (Å²) in [7, 11) is -1.49. The minimum absolute atomic E-state index is 0.0362. The first-order chi connectivity index (χ1) is 15.4. The summed E-state index contributed by atoms with van der Waals surface area (Å²) in [6.45, 7) is 2.52. The zero-order valence-corrected chi connectivity index (χ0v) is 19.6. The van der Waals surface area contributed by atoms with Gasteiger partial charge in [-0.2, -0.15) is 0 Å². The molecular formula is C22H35N5O4S. The Morgan fingerprint density at radius 3 is 2.59 bits per heavy atom. The molecule has 0 unspecified atom stereocenters. The Kier molecular flexibility index (Phi) is 9.01. The molecule has 0 radical (unpaired) electrons. The van der Waals surface area contributed by atoms with Crippen LogP contribution in [-0.2, 0) is 19.6 Å². The van der Waals surface area contributed by atoms with Crippen LogP contribution >= 0.6 is 0 Å². The zero-order chi connectivity index (χ0) is 23.0. The van der Waals surface area contributed by atoms with Gasteiger partial charge in [-0.15, -0.1) is 0 Å². The number of carbonyl (C=O) groups excluding carboxylic acids is 2. The normalized spacial score (nSPS) is 22.3. The van der Waals surface area contributed by atoms with Crippen LogP contribution in [0.3, 0.4) is 0 Å². The third-order valence-corrected chi connectivity index (χ3v) is 8.34. The van der Waals surface area contributed by atoms with Gasteiger partial charge in [0.2, 0.25) is 21.8 Å². The molecule has 2 saturated heterocycles. The van der Waals surface area contributed by atoms with E-state index < -0.39 is 15.9 Å². The zero-order valence-electron chi connectivity index (χ0n) is 18.8. The number of hydrogen-bond donors (Lipinski definition) is 3. The maximum absolute atomic E-state index is 12.7. The van der Waals surface area contributed by atoms with Crippen molar-refractivity contribution >= 4 is 21.8 Å². The second-order valence-corrected chi connectivity index (χ2v) is 10.7. The third-order valence-electron chi connectivity index (χ3n) is 6.38. The Bertz CT molecular complexity index is 858. The predicted molar refractivity (Wildman–Crippen MR) is 122 cm³/mol. The lowest BCUT2D eigenvalue weighted by Gasteiger charge is -2.24. The van der Waals surface area contributed by atoms with E-state index >= 15 is 0 Å². The second-order valence-electron chi connectivity index (χ2n) is 8.64. The number of amides is 2. The van der Waals surface area contributed by atoms with Gasteiger partial charge < -0.3 is 15.5 Å². The van der Waals surface area contributed by atoms with Crippen LogP contribution < -0.4 is 15.4 Å². The summed E-state index contributed by atoms with van der Waals surface area (Å²) >= 11 is 0. The molecule has 1 aromatic heterocycles. The molecule has 0 spiro atoms. The highest BCUT2D eigenvalue weighted by atomic mass is 32.2. The highest BCUT2D eigenvalue weighted by Gasteiger charge is 2.42. The standard InChI is InChI=1S/C22H35N5O4S/c1-27-20(28)15-19(21(27)17-7-6-10-24-16-17)22(29)25-11-4-2-3-5-12-26-32(30,31)18-8-13-23-14-9-18/h6-7,10,16,18-19,21,23,26H,2-5,8-9,11-15H2,1H3,(H,25,29)/t19-,21+/m0/s1. The maximum Gasteiger partial charge on any atom is 0.226 e. The number of sulfonamides is 1. The van der Waals surface area contributed by atoms with E-state index in [2.05, 4.69) is 20.3 Å². The summed E-state index contributed by atoms with van der Waals surface area (Å²) in [6, 6.07) is 3.42. The summed E-state index contributed by atoms with van der Waals surface area (Å²) in [5, 5.41) is 5.87. The Morgan fingerprint density at radius 1 is 1.19 bits per heavy atom. The van der Waals surface area contributed by atoms with Crippen LogP contribution in [0.25, 0.3) is 0 Å². The number of pyridine rings is 1. The van der Waals surface area contributed by atoms with Crippen LogP contribution in [0.1, 0.15) is 56.6 Å². The van der Waals surface area contributed by atoms with Crippen molar-refractivity contribution in [2.45, 2.75) is 56.2 Å². The lowest BCUT2D eigenvalue weighted by atomic mass is 9.94. The van der Waals surface area contributed by atoms with Gasteiger partial charge in [-0.1, -0.05) is 18.9 Å². The van der Waals surface area contributed by atoms with Crippen molar-refractivity contribution in [3.63, 3.8) is 0 Å². The maximum atomic E-state index is 12.7. The van der Waals surface area contributed by atoms with Gasteiger partial charge in [0, 0.05) is 39.0 Å². The van der Waals surface area contributed by atoms with Crippen molar-refractivity contribution in [3.05, 3.63) is 30.1 Å². The molecule has 3 heterocycles. The number of likely N-dealkylation sites (tertiary alicyclic amines) is 1. The Hall–Kier alpha value is -2.04. The smallest absolute Gasteiger partial charge is 0.226 e. The van der Waals surface area contributed by atoms with Crippen molar-refractivity contribution in [2.75, 3.05) is 33.2 Å². The minimum Gasteiger partial charge on any atom is -0.356 e. The van der Waals surface area contributed by atoms with Crippen molar-refractivity contribution in [3.8, 4) is 0 Å². The van der Waals surface area contributed by atoms with Crippen LogP contribution in [-0.4, -0.2) is 68.6 Å². The summed E-state index contributed by atoms with van der Waals surface area (Å²) in [5.41, 5.74) is 0.868. The van der Waals surface area contributed by atoms with Gasteiger partial charge >= 0.3 is 0 Å². The van der Waals surface area contributed by atoms with E-state index in [1.807, 2.05) is 12.1 Å². The van der Waals surface area contributed by atoms with E-state index in [1.54, 1.807) is 24.3 Å². The average Bonchev–Trinajstić information content (AvgIpc) is 3.11. The second kappa shape index (κ2) is 11.7. The van der Waals surface area contributed by atoms with Crippen molar-refractivity contribution < 1.29 is 18.0 Å². The average molecular weight is 466 g/mol. The quantitative estimate of drug-likeness (QED) is 0.419. The molecule has 2 atom stereocenters. The largest absolute Gasteiger partial charge is 0.356 e. The molecule has 2 fully saturated rings. The summed E-state index contributed by atoms with van der Waals surface area (Å²) in [4.78, 5) is 30.7. The SMILES string of the molecule is CN1C(=O)C[C@H](C(=O)NCCCCCCNS(=O)(=O)C2CCNCC2)[C@H]1c1cccnc1. The lowest BCUT2D eigenvalue weighted by Crippen LogP contribution is -2.41. The van der Waals surface area contributed by atoms with Gasteiger partial charge in [0.1, 0.15) is 0 Å². The molecule has 0 aliphatic carbocycles. The molecule has 2 aliphatic heterocycles. The molecule has 178 valence electrons. The fourth-order valence-corrected chi connectivity index (χ4v) is 6.02. The number of aromatic nitrogens is 1. The summed E-state index contributed by atoms with van der Waals surface area (Å²) in [5.74, 6) is -0.557. The van der Waals surface area contributed by atoms with Gasteiger partial charge in [-0.3, -0.25) is 14.6 Å². The monoisotopic (exact) mass is 465 g/mol. The van der Waals surface area contributed by atoms with E-state index in [0.717, 1.165) is 44.3 Å². The molecule has 0 saturated carbocycles. The van der Waals surface area contributed by atoms with Crippen LogP contribution in [0.5, 0.6) is 0 Å². The fraction of sp³-hybridized carbons (Fsp3) is 0.682. The van der Waals surface area contributed by atoms with Crippen LogP contribution in [0.4, 0.5) is 0 Å². The molecule has 0 aromatic carbocycles. The summed E-state index contributed by atoms with van der Waals surface area (Å²) in [6.07, 6.45) is 8.33. The van der Waals surface area contributed by atoms with E-state index in [-0.39, 0.29) is 29.5 Å². The van der Waals surface area contributed by atoms with Crippen molar-refractivity contribution in [2.24, 2.45) is 5.92 Å². The molecule has 3 rings (SSSR count). The molecule has 0 bridgehead atoms. The van der Waals surface area contributed by atoms with Crippen LogP contribution in [0.15, 0.2) is 24.5 Å². The highest BCUT2D eigenvalue weighted by Crippen LogP contribution is 2.36. The van der Waals surface area contributed by atoms with Gasteiger partial charge in [0.25, 0.3) is 0 Å². The molecule has 1 aromatic rings. The first-order valence-corrected chi connectivity index (χ1v) is 13.1. The van der Waals surface area contributed by atoms with Gasteiger partial charge in [-0.25, -0.2) is 13.1 Å². The fourth-order valence-electron chi connectivity index (χ4n) is 4.50. The highest BCUT2D eigenvalue weighted by molar-refractivity contribution is 7.90. The number of hydrogen-bond acceptors (Lipinski definition) is 6. The first-order valence-electron chi connectivity index (χ1n) is 11.5. The Morgan fingerprint density at radius 2 is 1.91 bits per heavy atom. The molecular weight excluding hydrogens is 430 g/mol. The molecule has 3 N–H and O–H groups in total. The van der Waals surface area contributed by atoms with E-state index in [0.29, 0.717) is 25.9 Å². The third kappa shape index (κ3) is 6.49. The van der Waals surface area contributed by atoms with E-state index in [4.69, 9.17) is 0 Å². The van der Waals surface area contributed by atoms with Gasteiger partial charge in [0.05, 0.1) is 17.2 Å². The molecule has 9 nitrogen and oxygen atoms in total. The van der Waals surface area contributed by atoms with Gasteiger partial charge in [-0.05, 0) is 50.4 Å². The predicted octanol–water partition coefficient (Wildman–Crippen LogP) is 0.949. The van der Waals surface area contributed by atoms with Crippen LogP contribution in [0.2, 0.25) is 0 Å². The minimum atomic E-state index is -3.22. The molecule has 2 amide bonds. The number of carbonyl (C=O) groups is 2. The number of unbranched alkanes of at least 4 members (excludes halogenated alkanes) is 3. The lowest BCUT2D eigenvalue weighted by molar-refractivity contribution is -0.128. The number of rotatable bonds is 11. The number of nitrogens with one attached hydrogen (secondary N) is 3. The van der Waals surface area contributed by atoms with Crippen molar-refractivity contribution in [1.82, 2.24) is 25.2 Å². The Balaban J connectivity index is 1.32. The van der Waals surface area contributed by atoms with Crippen molar-refractivity contribution in [1.29, 1.82) is 0 Å².